The highest BCUT2D eigenvalue weighted by Crippen LogP contribution is 2.32. The fraction of sp³-hybridized carbons (Fsp3) is 0.294. The number of benzene rings is 2. The molecule has 1 aromatic heterocycles. The van der Waals surface area contributed by atoms with E-state index in [-0.39, 0.29) is 0 Å². The molecular weight excluding hydrogens is 234 g/mol. The number of fused-ring (bicyclic) bond motifs is 3. The molecule has 2 nitrogen and oxygen atoms in total. The summed E-state index contributed by atoms with van der Waals surface area (Å²) in [6.45, 7) is 3.00. The zero-order valence-electron chi connectivity index (χ0n) is 11.1. The third-order valence-corrected chi connectivity index (χ3v) is 4.06. The topological polar surface area (TPSA) is 25.2 Å². The molecule has 0 unspecified atom stereocenters. The molecule has 3 aromatic rings. The molecular formula is C17H17NO. The number of hydrogen-bond donors (Lipinski definition) is 1. The van der Waals surface area contributed by atoms with Crippen molar-refractivity contribution in [2.75, 3.05) is 0 Å². The highest BCUT2D eigenvalue weighted by atomic mass is 16.3. The fourth-order valence-corrected chi connectivity index (χ4v) is 2.69. The summed E-state index contributed by atoms with van der Waals surface area (Å²) >= 11 is 0. The molecule has 0 aliphatic heterocycles. The average molecular weight is 251 g/mol. The van der Waals surface area contributed by atoms with Crippen molar-refractivity contribution in [2.45, 2.75) is 32.4 Å². The van der Waals surface area contributed by atoms with Gasteiger partial charge in [-0.05, 0) is 30.7 Å². The molecule has 0 amide bonds. The highest BCUT2D eigenvalue weighted by molar-refractivity contribution is 6.05. The van der Waals surface area contributed by atoms with Crippen LogP contribution in [0.5, 0.6) is 0 Å². The third-order valence-electron chi connectivity index (χ3n) is 4.06. The van der Waals surface area contributed by atoms with E-state index in [4.69, 9.17) is 4.42 Å². The third kappa shape index (κ3) is 1.83. The summed E-state index contributed by atoms with van der Waals surface area (Å²) in [7, 11) is 0. The summed E-state index contributed by atoms with van der Waals surface area (Å²) in [6.07, 6.45) is 2.62. The Morgan fingerprint density at radius 1 is 1.11 bits per heavy atom. The van der Waals surface area contributed by atoms with E-state index in [9.17, 15) is 0 Å². The van der Waals surface area contributed by atoms with E-state index in [0.29, 0.717) is 6.04 Å². The van der Waals surface area contributed by atoms with Gasteiger partial charge in [-0.3, -0.25) is 0 Å². The average Bonchev–Trinajstić information content (AvgIpc) is 3.21. The molecule has 1 N–H and O–H groups in total. The first kappa shape index (κ1) is 11.1. The van der Waals surface area contributed by atoms with E-state index in [2.05, 4.69) is 48.6 Å². The van der Waals surface area contributed by atoms with Crippen LogP contribution in [-0.4, -0.2) is 6.04 Å². The lowest BCUT2D eigenvalue weighted by Crippen LogP contribution is -2.15. The minimum Gasteiger partial charge on any atom is -0.459 e. The van der Waals surface area contributed by atoms with Gasteiger partial charge in [0.25, 0.3) is 0 Å². The smallest absolute Gasteiger partial charge is 0.142 e. The van der Waals surface area contributed by atoms with Gasteiger partial charge in [-0.1, -0.05) is 36.4 Å². The number of hydrogen-bond acceptors (Lipinski definition) is 2. The van der Waals surface area contributed by atoms with Crippen molar-refractivity contribution in [3.8, 4) is 0 Å². The van der Waals surface area contributed by atoms with Crippen LogP contribution in [0.25, 0.3) is 21.7 Å². The second kappa shape index (κ2) is 4.10. The molecule has 0 bridgehead atoms. The summed E-state index contributed by atoms with van der Waals surface area (Å²) in [5.41, 5.74) is 2.30. The molecule has 2 heteroatoms. The minimum atomic E-state index is 0.712. The highest BCUT2D eigenvalue weighted by Gasteiger charge is 2.21. The van der Waals surface area contributed by atoms with Crippen LogP contribution in [0.15, 0.2) is 40.8 Å². The summed E-state index contributed by atoms with van der Waals surface area (Å²) in [5.74, 6) is 1.08. The molecule has 4 rings (SSSR count). The van der Waals surface area contributed by atoms with E-state index < -0.39 is 0 Å². The first-order valence-electron chi connectivity index (χ1n) is 6.96. The minimum absolute atomic E-state index is 0.712. The maximum Gasteiger partial charge on any atom is 0.142 e. The molecule has 1 aliphatic carbocycles. The van der Waals surface area contributed by atoms with E-state index in [0.717, 1.165) is 17.9 Å². The van der Waals surface area contributed by atoms with Crippen LogP contribution in [0, 0.1) is 6.92 Å². The van der Waals surface area contributed by atoms with Crippen LogP contribution in [-0.2, 0) is 6.54 Å². The molecule has 0 radical (unpaired) electrons. The largest absolute Gasteiger partial charge is 0.459 e. The Hall–Kier alpha value is -1.80. The van der Waals surface area contributed by atoms with Crippen molar-refractivity contribution in [3.05, 3.63) is 47.7 Å². The van der Waals surface area contributed by atoms with Crippen LogP contribution < -0.4 is 5.32 Å². The lowest BCUT2D eigenvalue weighted by atomic mass is 10.1. The predicted octanol–water partition coefficient (Wildman–Crippen LogP) is 4.15. The summed E-state index contributed by atoms with van der Waals surface area (Å²) in [6, 6.07) is 13.5. The fourth-order valence-electron chi connectivity index (χ4n) is 2.69. The Morgan fingerprint density at radius 3 is 2.79 bits per heavy atom. The molecule has 96 valence electrons. The van der Waals surface area contributed by atoms with E-state index in [1.54, 1.807) is 0 Å². The Labute approximate surface area is 112 Å². The van der Waals surface area contributed by atoms with Crippen LogP contribution in [0.2, 0.25) is 0 Å². The van der Waals surface area contributed by atoms with Crippen LogP contribution in [0.4, 0.5) is 0 Å². The van der Waals surface area contributed by atoms with Gasteiger partial charge in [0.1, 0.15) is 11.3 Å². The van der Waals surface area contributed by atoms with Gasteiger partial charge in [-0.2, -0.15) is 0 Å². The molecule has 0 atom stereocenters. The van der Waals surface area contributed by atoms with Gasteiger partial charge in [0.15, 0.2) is 0 Å². The van der Waals surface area contributed by atoms with Crippen molar-refractivity contribution < 1.29 is 4.42 Å². The van der Waals surface area contributed by atoms with E-state index >= 15 is 0 Å². The van der Waals surface area contributed by atoms with Crippen molar-refractivity contribution >= 4 is 21.7 Å². The Morgan fingerprint density at radius 2 is 1.95 bits per heavy atom. The number of rotatable bonds is 3. The van der Waals surface area contributed by atoms with Gasteiger partial charge in [0.05, 0.1) is 6.54 Å². The van der Waals surface area contributed by atoms with Gasteiger partial charge in [0.2, 0.25) is 0 Å². The maximum atomic E-state index is 6.13. The van der Waals surface area contributed by atoms with Gasteiger partial charge >= 0.3 is 0 Å². The maximum absolute atomic E-state index is 6.13. The lowest BCUT2D eigenvalue weighted by Gasteiger charge is -1.99. The standard InChI is InChI=1S/C17H17NO/c1-11-14-9-6-12-4-2-3-5-15(12)17(14)19-16(11)10-18-13-7-8-13/h2-6,9,13,18H,7-8,10H2,1H3. The van der Waals surface area contributed by atoms with Crippen LogP contribution in [0.1, 0.15) is 24.2 Å². The van der Waals surface area contributed by atoms with Gasteiger partial charge in [0, 0.05) is 16.8 Å². The Kier molecular flexibility index (Phi) is 2.39. The number of aryl methyl sites for hydroxylation is 1. The number of nitrogens with one attached hydrogen (secondary N) is 1. The Bertz CT molecular complexity index is 752. The van der Waals surface area contributed by atoms with Crippen molar-refractivity contribution in [2.24, 2.45) is 0 Å². The molecule has 2 aromatic carbocycles. The second-order valence-electron chi connectivity index (χ2n) is 5.47. The summed E-state index contributed by atoms with van der Waals surface area (Å²) in [4.78, 5) is 0. The van der Waals surface area contributed by atoms with E-state index in [1.165, 1.54) is 34.6 Å². The Balaban J connectivity index is 1.86. The van der Waals surface area contributed by atoms with Crippen molar-refractivity contribution in [1.29, 1.82) is 0 Å². The number of furan rings is 1. The predicted molar refractivity (Wildman–Crippen MR) is 78.3 cm³/mol. The first-order valence-corrected chi connectivity index (χ1v) is 6.96. The van der Waals surface area contributed by atoms with E-state index in [1.807, 2.05) is 0 Å². The quantitative estimate of drug-likeness (QED) is 0.756. The second-order valence-corrected chi connectivity index (χ2v) is 5.47. The zero-order valence-corrected chi connectivity index (χ0v) is 11.1. The van der Waals surface area contributed by atoms with Crippen molar-refractivity contribution in [1.82, 2.24) is 5.32 Å². The SMILES string of the molecule is Cc1c(CNC2CC2)oc2c1ccc1ccccc12. The van der Waals surface area contributed by atoms with Crippen LogP contribution in [0.3, 0.4) is 0 Å². The van der Waals surface area contributed by atoms with Gasteiger partial charge in [-0.15, -0.1) is 0 Å². The van der Waals surface area contributed by atoms with Crippen molar-refractivity contribution in [3.63, 3.8) is 0 Å². The molecule has 1 saturated carbocycles. The molecule has 1 fully saturated rings. The van der Waals surface area contributed by atoms with Gasteiger partial charge in [-0.25, -0.2) is 0 Å². The molecule has 19 heavy (non-hydrogen) atoms. The van der Waals surface area contributed by atoms with Crippen LogP contribution >= 0.6 is 0 Å². The van der Waals surface area contributed by atoms with Gasteiger partial charge < -0.3 is 9.73 Å². The summed E-state index contributed by atoms with van der Waals surface area (Å²) < 4.78 is 6.13. The molecule has 0 saturated heterocycles. The normalized spacial score (nSPS) is 15.4. The molecule has 1 heterocycles. The first-order chi connectivity index (χ1) is 9.33. The lowest BCUT2D eigenvalue weighted by molar-refractivity contribution is 0.511. The zero-order chi connectivity index (χ0) is 12.8. The molecule has 0 spiro atoms. The monoisotopic (exact) mass is 251 g/mol. The molecule has 1 aliphatic rings. The summed E-state index contributed by atoms with van der Waals surface area (Å²) in [5, 5.41) is 7.22.